The predicted octanol–water partition coefficient (Wildman–Crippen LogP) is 5.25. The van der Waals surface area contributed by atoms with Crippen LogP contribution in [0.1, 0.15) is 38.3 Å². The molecule has 3 heterocycles. The summed E-state index contributed by atoms with van der Waals surface area (Å²) in [4.78, 5) is 29.6. The number of oxime groups is 1. The Morgan fingerprint density at radius 2 is 1.59 bits per heavy atom. The van der Waals surface area contributed by atoms with E-state index in [4.69, 9.17) is 9.84 Å². The van der Waals surface area contributed by atoms with Gasteiger partial charge in [-0.25, -0.2) is 14.7 Å². The van der Waals surface area contributed by atoms with Gasteiger partial charge < -0.3 is 9.94 Å². The van der Waals surface area contributed by atoms with Crippen molar-refractivity contribution in [2.45, 2.75) is 12.8 Å². The lowest BCUT2D eigenvalue weighted by atomic mass is 9.98. The summed E-state index contributed by atoms with van der Waals surface area (Å²) in [6.07, 6.45) is 7.07. The number of fused-ring (bicyclic) bond motifs is 2. The van der Waals surface area contributed by atoms with Crippen molar-refractivity contribution in [2.75, 3.05) is 20.2 Å². The molecule has 0 spiro atoms. The summed E-state index contributed by atoms with van der Waals surface area (Å²) < 4.78 is 7.79. The van der Waals surface area contributed by atoms with Crippen LogP contribution in [-0.4, -0.2) is 67.7 Å². The highest BCUT2D eigenvalue weighted by atomic mass is 16.5. The first-order valence-electron chi connectivity index (χ1n) is 14.3. The van der Waals surface area contributed by atoms with Crippen LogP contribution in [0.25, 0.3) is 28.1 Å². The zero-order valence-corrected chi connectivity index (χ0v) is 23.9. The van der Waals surface area contributed by atoms with Crippen molar-refractivity contribution in [3.05, 3.63) is 120 Å². The van der Waals surface area contributed by atoms with Crippen LogP contribution in [0.4, 0.5) is 0 Å². The van der Waals surface area contributed by atoms with Gasteiger partial charge in [-0.05, 0) is 72.5 Å². The monoisotopic (exact) mass is 584 g/mol. The summed E-state index contributed by atoms with van der Waals surface area (Å²) in [7, 11) is 1.70. The van der Waals surface area contributed by atoms with Crippen molar-refractivity contribution in [1.82, 2.24) is 24.8 Å². The normalized spacial score (nSPS) is 14.9. The van der Waals surface area contributed by atoms with E-state index in [1.54, 1.807) is 48.7 Å². The zero-order valence-electron chi connectivity index (χ0n) is 23.9. The summed E-state index contributed by atoms with van der Waals surface area (Å²) in [6, 6.07) is 24.5. The van der Waals surface area contributed by atoms with Gasteiger partial charge in [0.2, 0.25) is 0 Å². The van der Waals surface area contributed by atoms with Gasteiger partial charge in [-0.1, -0.05) is 35.5 Å². The number of rotatable bonds is 8. The molecule has 5 aromatic rings. The summed E-state index contributed by atoms with van der Waals surface area (Å²) in [6.45, 7) is 0.625. The average Bonchev–Trinajstić information content (AvgIpc) is 3.76. The molecule has 10 heteroatoms. The average molecular weight is 585 g/mol. The van der Waals surface area contributed by atoms with Crippen molar-refractivity contribution in [1.29, 1.82) is 0 Å². The molecule has 0 radical (unpaired) electrons. The molecule has 44 heavy (non-hydrogen) atoms. The Balaban J connectivity index is 1.08. The van der Waals surface area contributed by atoms with Crippen LogP contribution >= 0.6 is 0 Å². The number of ether oxygens (including phenoxy) is 1. The number of pyridine rings is 1. The van der Waals surface area contributed by atoms with Gasteiger partial charge in [-0.15, -0.1) is 0 Å². The number of hydrazine groups is 1. The second-order valence-electron chi connectivity index (χ2n) is 10.7. The topological polar surface area (TPSA) is 113 Å². The van der Waals surface area contributed by atoms with Crippen molar-refractivity contribution < 1.29 is 19.5 Å². The molecule has 0 atom stereocenters. The maximum Gasteiger partial charge on any atom is 0.276 e. The Bertz CT molecular complexity index is 1880. The number of carbonyl (C=O) groups is 2. The molecule has 218 valence electrons. The third-order valence-corrected chi connectivity index (χ3v) is 8.05. The first-order valence-corrected chi connectivity index (χ1v) is 14.3. The molecule has 3 aromatic carbocycles. The number of likely N-dealkylation sites (N-methyl/N-ethyl adjacent to an activating group) is 1. The van der Waals surface area contributed by atoms with Crippen LogP contribution in [0.5, 0.6) is 5.75 Å². The molecule has 1 aliphatic heterocycles. The van der Waals surface area contributed by atoms with Crippen molar-refractivity contribution in [3.8, 4) is 33.8 Å². The van der Waals surface area contributed by atoms with E-state index in [0.29, 0.717) is 29.1 Å². The fourth-order valence-corrected chi connectivity index (χ4v) is 5.76. The van der Waals surface area contributed by atoms with E-state index in [1.807, 2.05) is 59.4 Å². The SMILES string of the molecule is CN(CCOc1ccc(-n2cc(-c3ccc4c(c3)CC/C4=N\O)c(-c3ccncc3)n2)cc1)N1C(=O)c2ccccc2C1=O. The molecule has 2 aromatic heterocycles. The number of hydrogen-bond acceptors (Lipinski definition) is 8. The van der Waals surface area contributed by atoms with Gasteiger partial charge >= 0.3 is 0 Å². The van der Waals surface area contributed by atoms with Crippen molar-refractivity contribution in [2.24, 2.45) is 5.16 Å². The first-order chi connectivity index (χ1) is 21.5. The van der Waals surface area contributed by atoms with Crippen LogP contribution in [0.15, 0.2) is 103 Å². The van der Waals surface area contributed by atoms with Crippen LogP contribution in [0.3, 0.4) is 0 Å². The van der Waals surface area contributed by atoms with Gasteiger partial charge in [-0.3, -0.25) is 14.6 Å². The minimum atomic E-state index is -0.328. The first kappa shape index (κ1) is 27.2. The maximum absolute atomic E-state index is 12.7. The van der Waals surface area contributed by atoms with Gasteiger partial charge in [-0.2, -0.15) is 5.10 Å². The van der Waals surface area contributed by atoms with E-state index >= 15 is 0 Å². The summed E-state index contributed by atoms with van der Waals surface area (Å²) in [5, 5.41) is 20.5. The van der Waals surface area contributed by atoms with Gasteiger partial charge in [0.25, 0.3) is 11.8 Å². The summed E-state index contributed by atoms with van der Waals surface area (Å²) >= 11 is 0. The Labute approximate surface area is 253 Å². The lowest BCUT2D eigenvalue weighted by Crippen LogP contribution is -2.45. The molecule has 2 amide bonds. The quantitative estimate of drug-likeness (QED) is 0.151. The second-order valence-corrected chi connectivity index (χ2v) is 10.7. The molecule has 2 aliphatic rings. The molecular weight excluding hydrogens is 556 g/mol. The van der Waals surface area contributed by atoms with E-state index in [0.717, 1.165) is 57.0 Å². The number of benzene rings is 3. The molecule has 0 saturated heterocycles. The second kappa shape index (κ2) is 11.2. The van der Waals surface area contributed by atoms with Gasteiger partial charge in [0.15, 0.2) is 0 Å². The lowest BCUT2D eigenvalue weighted by Gasteiger charge is -2.25. The van der Waals surface area contributed by atoms with E-state index in [1.165, 1.54) is 0 Å². The van der Waals surface area contributed by atoms with E-state index in [-0.39, 0.29) is 18.4 Å². The largest absolute Gasteiger partial charge is 0.492 e. The minimum Gasteiger partial charge on any atom is -0.492 e. The van der Waals surface area contributed by atoms with Gasteiger partial charge in [0.05, 0.1) is 29.1 Å². The summed E-state index contributed by atoms with van der Waals surface area (Å²) in [5.41, 5.74) is 8.33. The highest BCUT2D eigenvalue weighted by Crippen LogP contribution is 2.35. The third kappa shape index (κ3) is 4.81. The Morgan fingerprint density at radius 1 is 0.864 bits per heavy atom. The Morgan fingerprint density at radius 3 is 2.30 bits per heavy atom. The summed E-state index contributed by atoms with van der Waals surface area (Å²) in [5.74, 6) is 0.00266. The standard InChI is InChI=1S/C34H28N6O4/c1-38(40-33(41)28-4-2-3-5-29(28)34(40)42)18-19-44-26-10-8-25(9-11-26)39-21-30(32(36-39)22-14-16-35-17-15-22)24-6-12-27-23(20-24)7-13-31(27)37-43/h2-6,8-12,14-17,20-21,43H,7,13,18-19H2,1H3/b37-31+. The number of imide groups is 1. The Hall–Kier alpha value is -5.61. The highest BCUT2D eigenvalue weighted by Gasteiger charge is 2.37. The minimum absolute atomic E-state index is 0.280. The fraction of sp³-hybridized carbons (Fsp3) is 0.147. The molecule has 0 unspecified atom stereocenters. The third-order valence-electron chi connectivity index (χ3n) is 8.05. The molecule has 7 rings (SSSR count). The predicted molar refractivity (Wildman–Crippen MR) is 164 cm³/mol. The van der Waals surface area contributed by atoms with Crippen LogP contribution in [-0.2, 0) is 6.42 Å². The molecule has 0 bridgehead atoms. The van der Waals surface area contributed by atoms with Crippen molar-refractivity contribution >= 4 is 17.5 Å². The number of hydrogen-bond donors (Lipinski definition) is 1. The van der Waals surface area contributed by atoms with Crippen LogP contribution in [0.2, 0.25) is 0 Å². The molecule has 1 aliphatic carbocycles. The van der Waals surface area contributed by atoms with Crippen LogP contribution in [0, 0.1) is 0 Å². The van der Waals surface area contributed by atoms with Gasteiger partial charge in [0.1, 0.15) is 18.1 Å². The van der Waals surface area contributed by atoms with Crippen LogP contribution < -0.4 is 4.74 Å². The number of aryl methyl sites for hydroxylation is 1. The highest BCUT2D eigenvalue weighted by molar-refractivity contribution is 6.20. The molecule has 10 nitrogen and oxygen atoms in total. The van der Waals surface area contributed by atoms with E-state index in [9.17, 15) is 14.8 Å². The molecule has 0 fully saturated rings. The molecular formula is C34H28N6O4. The molecule has 1 N–H and O–H groups in total. The smallest absolute Gasteiger partial charge is 0.276 e. The van der Waals surface area contributed by atoms with Gasteiger partial charge in [0, 0.05) is 42.3 Å². The molecule has 0 saturated carbocycles. The lowest BCUT2D eigenvalue weighted by molar-refractivity contribution is 0.00922. The number of aromatic nitrogens is 3. The fourth-order valence-electron chi connectivity index (χ4n) is 5.76. The van der Waals surface area contributed by atoms with Crippen molar-refractivity contribution in [3.63, 3.8) is 0 Å². The number of carbonyl (C=O) groups excluding carboxylic acids is 2. The Kier molecular flexibility index (Phi) is 6.95. The number of amides is 2. The van der Waals surface area contributed by atoms with E-state index < -0.39 is 0 Å². The maximum atomic E-state index is 12.7. The zero-order chi connectivity index (χ0) is 30.2. The van der Waals surface area contributed by atoms with E-state index in [2.05, 4.69) is 16.2 Å². The number of nitrogens with zero attached hydrogens (tertiary/aromatic N) is 6.